The quantitative estimate of drug-likeness (QED) is 0.738. The minimum atomic E-state index is -1.03. The molecule has 0 aliphatic rings. The van der Waals surface area contributed by atoms with Gasteiger partial charge in [0.15, 0.2) is 0 Å². The molecule has 82 valence electrons. The Hall–Kier alpha value is -1.26. The molecule has 0 heterocycles. The predicted molar refractivity (Wildman–Crippen MR) is 57.0 cm³/mol. The van der Waals surface area contributed by atoms with Crippen LogP contribution in [0.15, 0.2) is 12.1 Å². The topological polar surface area (TPSA) is 83.6 Å². The van der Waals surface area contributed by atoms with Crippen LogP contribution < -0.4 is 5.73 Å². The van der Waals surface area contributed by atoms with Gasteiger partial charge in [0.2, 0.25) is 0 Å². The Morgan fingerprint density at radius 2 is 2.20 bits per heavy atom. The van der Waals surface area contributed by atoms with Gasteiger partial charge in [-0.1, -0.05) is 17.7 Å². The largest absolute Gasteiger partial charge is 0.507 e. The maximum atomic E-state index is 10.5. The van der Waals surface area contributed by atoms with E-state index in [2.05, 4.69) is 0 Å². The first kappa shape index (κ1) is 11.8. The molecule has 0 fully saturated rings. The summed E-state index contributed by atoms with van der Waals surface area (Å²) in [6.07, 6.45) is -0.267. The molecule has 0 bridgehead atoms. The molecule has 4 nitrogen and oxygen atoms in total. The Morgan fingerprint density at radius 1 is 1.60 bits per heavy atom. The Kier molecular flexibility index (Phi) is 3.55. The van der Waals surface area contributed by atoms with Crippen molar-refractivity contribution in [3.05, 3.63) is 28.3 Å². The van der Waals surface area contributed by atoms with Gasteiger partial charge in [-0.05, 0) is 18.6 Å². The fourth-order valence-corrected chi connectivity index (χ4v) is 1.63. The van der Waals surface area contributed by atoms with Crippen LogP contribution in [0.2, 0.25) is 5.02 Å². The Bertz CT molecular complexity index is 392. The SMILES string of the molecule is Cc1ccc(Cl)c(C(N)CC(=O)O)c1O. The molecule has 0 aromatic heterocycles. The number of phenols is 1. The molecule has 0 aliphatic heterocycles. The third-order valence-corrected chi connectivity index (χ3v) is 2.46. The van der Waals surface area contributed by atoms with Crippen molar-refractivity contribution in [3.8, 4) is 5.75 Å². The van der Waals surface area contributed by atoms with Gasteiger partial charge in [0, 0.05) is 16.6 Å². The molecular weight excluding hydrogens is 218 g/mol. The van der Waals surface area contributed by atoms with Crippen molar-refractivity contribution >= 4 is 17.6 Å². The molecule has 0 amide bonds. The zero-order valence-corrected chi connectivity index (χ0v) is 8.95. The lowest BCUT2D eigenvalue weighted by Gasteiger charge is -2.14. The van der Waals surface area contributed by atoms with Gasteiger partial charge in [-0.2, -0.15) is 0 Å². The minimum Gasteiger partial charge on any atom is -0.507 e. The summed E-state index contributed by atoms with van der Waals surface area (Å²) in [5, 5.41) is 18.6. The van der Waals surface area contributed by atoms with Crippen molar-refractivity contribution in [3.63, 3.8) is 0 Å². The fourth-order valence-electron chi connectivity index (χ4n) is 1.34. The molecule has 1 aromatic carbocycles. The summed E-state index contributed by atoms with van der Waals surface area (Å²) in [6.45, 7) is 1.70. The summed E-state index contributed by atoms with van der Waals surface area (Å²) in [7, 11) is 0. The van der Waals surface area contributed by atoms with E-state index in [0.29, 0.717) is 11.1 Å². The number of carboxylic acids is 1. The number of hydrogen-bond acceptors (Lipinski definition) is 3. The highest BCUT2D eigenvalue weighted by atomic mass is 35.5. The lowest BCUT2D eigenvalue weighted by Crippen LogP contribution is -2.15. The molecule has 15 heavy (non-hydrogen) atoms. The first-order valence-corrected chi connectivity index (χ1v) is 4.76. The van der Waals surface area contributed by atoms with E-state index in [1.54, 1.807) is 19.1 Å². The Morgan fingerprint density at radius 3 is 2.73 bits per heavy atom. The number of hydrogen-bond donors (Lipinski definition) is 3. The van der Waals surface area contributed by atoms with E-state index in [1.165, 1.54) is 0 Å². The number of benzene rings is 1. The third-order valence-electron chi connectivity index (χ3n) is 2.13. The second-order valence-corrected chi connectivity index (χ2v) is 3.74. The van der Waals surface area contributed by atoms with Gasteiger partial charge in [-0.15, -0.1) is 0 Å². The van der Waals surface area contributed by atoms with Gasteiger partial charge in [-0.25, -0.2) is 0 Å². The highest BCUT2D eigenvalue weighted by Gasteiger charge is 2.18. The van der Waals surface area contributed by atoms with E-state index in [0.717, 1.165) is 0 Å². The van der Waals surface area contributed by atoms with Crippen LogP contribution in [0.3, 0.4) is 0 Å². The Labute approximate surface area is 92.3 Å². The van der Waals surface area contributed by atoms with E-state index in [-0.39, 0.29) is 17.2 Å². The summed E-state index contributed by atoms with van der Waals surface area (Å²) in [5.74, 6) is -1.06. The zero-order chi connectivity index (χ0) is 11.6. The van der Waals surface area contributed by atoms with Crippen molar-refractivity contribution < 1.29 is 15.0 Å². The van der Waals surface area contributed by atoms with Crippen LogP contribution in [0.4, 0.5) is 0 Å². The number of nitrogens with two attached hydrogens (primary N) is 1. The Balaban J connectivity index is 3.12. The van der Waals surface area contributed by atoms with Gasteiger partial charge in [-0.3, -0.25) is 4.79 Å². The molecule has 1 aromatic rings. The normalized spacial score (nSPS) is 12.5. The maximum Gasteiger partial charge on any atom is 0.305 e. The van der Waals surface area contributed by atoms with E-state index in [1.807, 2.05) is 0 Å². The summed E-state index contributed by atoms with van der Waals surface area (Å²) >= 11 is 5.85. The number of aryl methyl sites for hydroxylation is 1. The second-order valence-electron chi connectivity index (χ2n) is 3.33. The fraction of sp³-hybridized carbons (Fsp3) is 0.300. The summed E-state index contributed by atoms with van der Waals surface area (Å²) in [6, 6.07) is 2.44. The van der Waals surface area contributed by atoms with Gasteiger partial charge in [0.25, 0.3) is 0 Å². The molecular formula is C10H12ClNO3. The van der Waals surface area contributed by atoms with E-state index in [9.17, 15) is 9.90 Å². The van der Waals surface area contributed by atoms with Gasteiger partial charge < -0.3 is 15.9 Å². The van der Waals surface area contributed by atoms with Crippen molar-refractivity contribution in [2.45, 2.75) is 19.4 Å². The number of aromatic hydroxyl groups is 1. The highest BCUT2D eigenvalue weighted by molar-refractivity contribution is 6.31. The monoisotopic (exact) mass is 229 g/mol. The number of carbonyl (C=O) groups is 1. The van der Waals surface area contributed by atoms with Gasteiger partial charge in [0.1, 0.15) is 5.75 Å². The number of halogens is 1. The van der Waals surface area contributed by atoms with Crippen LogP contribution >= 0.6 is 11.6 Å². The van der Waals surface area contributed by atoms with E-state index >= 15 is 0 Å². The maximum absolute atomic E-state index is 10.5. The average Bonchev–Trinajstić information content (AvgIpc) is 2.11. The summed E-state index contributed by atoms with van der Waals surface area (Å²) < 4.78 is 0. The molecule has 0 aliphatic carbocycles. The predicted octanol–water partition coefficient (Wildman–Crippen LogP) is 1.83. The lowest BCUT2D eigenvalue weighted by molar-refractivity contribution is -0.137. The molecule has 1 atom stereocenters. The molecule has 4 N–H and O–H groups in total. The van der Waals surface area contributed by atoms with Crippen LogP contribution in [0, 0.1) is 6.92 Å². The van der Waals surface area contributed by atoms with E-state index < -0.39 is 12.0 Å². The van der Waals surface area contributed by atoms with Crippen molar-refractivity contribution in [1.82, 2.24) is 0 Å². The number of rotatable bonds is 3. The number of phenolic OH excluding ortho intramolecular Hbond substituents is 1. The van der Waals surface area contributed by atoms with Crippen molar-refractivity contribution in [2.24, 2.45) is 5.73 Å². The third kappa shape index (κ3) is 2.61. The van der Waals surface area contributed by atoms with Gasteiger partial charge >= 0.3 is 5.97 Å². The minimum absolute atomic E-state index is 0.0312. The molecule has 0 saturated carbocycles. The molecule has 1 unspecified atom stereocenters. The van der Waals surface area contributed by atoms with Crippen LogP contribution in [-0.2, 0) is 4.79 Å². The standard InChI is InChI=1S/C10H12ClNO3/c1-5-2-3-6(11)9(10(5)15)7(12)4-8(13)14/h2-3,7,15H,4,12H2,1H3,(H,13,14). The van der Waals surface area contributed by atoms with Crippen LogP contribution in [-0.4, -0.2) is 16.2 Å². The first-order chi connectivity index (χ1) is 6.93. The second kappa shape index (κ2) is 4.51. The van der Waals surface area contributed by atoms with Crippen LogP contribution in [0.25, 0.3) is 0 Å². The van der Waals surface area contributed by atoms with Crippen LogP contribution in [0.5, 0.6) is 5.75 Å². The molecule has 1 rings (SSSR count). The summed E-state index contributed by atoms with van der Waals surface area (Å²) in [5.41, 5.74) is 6.55. The van der Waals surface area contributed by atoms with E-state index in [4.69, 9.17) is 22.4 Å². The van der Waals surface area contributed by atoms with Gasteiger partial charge in [0.05, 0.1) is 6.42 Å². The van der Waals surface area contributed by atoms with Crippen molar-refractivity contribution in [2.75, 3.05) is 0 Å². The first-order valence-electron chi connectivity index (χ1n) is 4.38. The summed E-state index contributed by atoms with van der Waals surface area (Å²) in [4.78, 5) is 10.5. The zero-order valence-electron chi connectivity index (χ0n) is 8.20. The molecule has 0 spiro atoms. The number of carboxylic acid groups (broad SMARTS) is 1. The lowest BCUT2D eigenvalue weighted by atomic mass is 10.0. The van der Waals surface area contributed by atoms with Crippen molar-refractivity contribution in [1.29, 1.82) is 0 Å². The molecule has 0 saturated heterocycles. The number of aliphatic carboxylic acids is 1. The average molecular weight is 230 g/mol. The molecule has 5 heteroatoms. The van der Waals surface area contributed by atoms with Crippen LogP contribution in [0.1, 0.15) is 23.6 Å². The smallest absolute Gasteiger partial charge is 0.305 e. The highest BCUT2D eigenvalue weighted by Crippen LogP contribution is 2.34. The molecule has 0 radical (unpaired) electrons.